The summed E-state index contributed by atoms with van der Waals surface area (Å²) in [5.74, 6) is 3.34. The molecule has 0 aliphatic rings. The molecule has 8 heteroatoms. The van der Waals surface area contributed by atoms with E-state index in [1.165, 1.54) is 22.9 Å². The van der Waals surface area contributed by atoms with E-state index in [0.29, 0.717) is 34.4 Å². The summed E-state index contributed by atoms with van der Waals surface area (Å²) in [5, 5.41) is 23.0. The van der Waals surface area contributed by atoms with E-state index in [1.54, 1.807) is 32.4 Å². The van der Waals surface area contributed by atoms with Crippen LogP contribution >= 0.6 is 11.8 Å². The summed E-state index contributed by atoms with van der Waals surface area (Å²) < 4.78 is 12.9. The molecule has 1 N–H and O–H groups in total. The van der Waals surface area contributed by atoms with Gasteiger partial charge in [0.15, 0.2) is 5.16 Å². The third-order valence-corrected chi connectivity index (χ3v) is 6.73. The molecule has 7 nitrogen and oxygen atoms in total. The number of hydrogen-bond acceptors (Lipinski definition) is 7. The fourth-order valence-corrected chi connectivity index (χ4v) is 4.88. The van der Waals surface area contributed by atoms with Crippen molar-refractivity contribution in [3.63, 3.8) is 0 Å². The number of thioether (sulfide) groups is 1. The number of rotatable bonds is 11. The number of methoxy groups -OCH3 is 2. The summed E-state index contributed by atoms with van der Waals surface area (Å²) in [6, 6.07) is 14.2. The van der Waals surface area contributed by atoms with Gasteiger partial charge in [-0.2, -0.15) is 0 Å². The summed E-state index contributed by atoms with van der Waals surface area (Å²) in [4.78, 5) is 0. The van der Waals surface area contributed by atoms with Crippen LogP contribution in [0.5, 0.6) is 11.5 Å². The second-order valence-corrected chi connectivity index (χ2v) is 9.49. The normalized spacial score (nSPS) is 12.7. The fraction of sp³-hybridized carbons (Fsp3) is 0.423. The molecule has 34 heavy (non-hydrogen) atoms. The lowest BCUT2D eigenvalue weighted by molar-refractivity contribution is 0.318. The van der Waals surface area contributed by atoms with Crippen LogP contribution in [0.25, 0.3) is 0 Å². The summed E-state index contributed by atoms with van der Waals surface area (Å²) >= 11 is 1.48. The molecule has 0 radical (unpaired) electrons. The molecule has 182 valence electrons. The maximum absolute atomic E-state index is 9.72. The first-order valence-electron chi connectivity index (χ1n) is 11.5. The van der Waals surface area contributed by atoms with Crippen LogP contribution in [0.15, 0.2) is 52.8 Å². The third kappa shape index (κ3) is 5.91. The van der Waals surface area contributed by atoms with Crippen molar-refractivity contribution in [2.45, 2.75) is 51.7 Å². The number of benzene rings is 2. The van der Waals surface area contributed by atoms with Crippen LogP contribution in [-0.4, -0.2) is 45.7 Å². The molecule has 0 fully saturated rings. The number of hydrogen-bond donors (Lipinski definition) is 1. The Hall–Kier alpha value is -3.00. The quantitative estimate of drug-likeness (QED) is 0.165. The van der Waals surface area contributed by atoms with Gasteiger partial charge < -0.3 is 19.2 Å². The fourth-order valence-electron chi connectivity index (χ4n) is 3.92. The minimum absolute atomic E-state index is 0.111. The van der Waals surface area contributed by atoms with E-state index in [1.807, 2.05) is 0 Å². The SMILES string of the molecule is CCn1c(SC/C(=N\O)c2cc(OC)ccc2OC)nnc1C(C)c1ccc(CC(C)C)cc1. The molecular formula is C26H34N4O3S. The average Bonchev–Trinajstić information content (AvgIpc) is 3.26. The second-order valence-electron chi connectivity index (χ2n) is 8.55. The lowest BCUT2D eigenvalue weighted by atomic mass is 9.96. The molecule has 0 saturated heterocycles. The topological polar surface area (TPSA) is 81.8 Å². The minimum atomic E-state index is 0.111. The van der Waals surface area contributed by atoms with Gasteiger partial charge in [0.1, 0.15) is 23.0 Å². The molecule has 3 rings (SSSR count). The van der Waals surface area contributed by atoms with Crippen molar-refractivity contribution in [2.24, 2.45) is 11.1 Å². The highest BCUT2D eigenvalue weighted by atomic mass is 32.2. The van der Waals surface area contributed by atoms with Crippen molar-refractivity contribution in [3.05, 3.63) is 65.0 Å². The van der Waals surface area contributed by atoms with Crippen LogP contribution in [0.3, 0.4) is 0 Å². The molecule has 2 aromatic carbocycles. The van der Waals surface area contributed by atoms with Gasteiger partial charge in [-0.15, -0.1) is 10.2 Å². The van der Waals surface area contributed by atoms with Gasteiger partial charge in [-0.05, 0) is 48.6 Å². The van der Waals surface area contributed by atoms with Crippen LogP contribution in [0.1, 0.15) is 56.1 Å². The Kier molecular flexibility index (Phi) is 8.98. The molecule has 1 unspecified atom stereocenters. The monoisotopic (exact) mass is 482 g/mol. The van der Waals surface area contributed by atoms with Gasteiger partial charge in [0.2, 0.25) is 0 Å². The molecule has 0 spiro atoms. The Morgan fingerprint density at radius 2 is 1.79 bits per heavy atom. The van der Waals surface area contributed by atoms with Crippen LogP contribution in [-0.2, 0) is 13.0 Å². The maximum atomic E-state index is 9.72. The van der Waals surface area contributed by atoms with E-state index < -0.39 is 0 Å². The minimum Gasteiger partial charge on any atom is -0.497 e. The zero-order valence-corrected chi connectivity index (χ0v) is 21.6. The Bertz CT molecular complexity index is 1110. The first kappa shape index (κ1) is 25.6. The van der Waals surface area contributed by atoms with E-state index in [9.17, 15) is 5.21 Å². The first-order valence-corrected chi connectivity index (χ1v) is 12.5. The van der Waals surface area contributed by atoms with E-state index in [0.717, 1.165) is 23.9 Å². The molecule has 0 bridgehead atoms. The van der Waals surface area contributed by atoms with Gasteiger partial charge in [0, 0.05) is 23.8 Å². The van der Waals surface area contributed by atoms with Gasteiger partial charge in [-0.1, -0.05) is 62.0 Å². The zero-order valence-electron chi connectivity index (χ0n) is 20.8. The predicted octanol–water partition coefficient (Wildman–Crippen LogP) is 5.64. The van der Waals surface area contributed by atoms with Gasteiger partial charge in [0.05, 0.1) is 14.2 Å². The number of ether oxygens (including phenoxy) is 2. The van der Waals surface area contributed by atoms with E-state index in [2.05, 4.69) is 71.9 Å². The number of nitrogens with zero attached hydrogens (tertiary/aromatic N) is 4. The molecular weight excluding hydrogens is 448 g/mol. The molecule has 0 aliphatic heterocycles. The highest BCUT2D eigenvalue weighted by Crippen LogP contribution is 2.30. The Labute approximate surface area is 206 Å². The van der Waals surface area contributed by atoms with Crippen LogP contribution in [0, 0.1) is 5.92 Å². The molecule has 0 aliphatic carbocycles. The molecule has 0 amide bonds. The smallest absolute Gasteiger partial charge is 0.191 e. The van der Waals surface area contributed by atoms with Gasteiger partial charge in [-0.25, -0.2) is 0 Å². The van der Waals surface area contributed by atoms with Crippen molar-refractivity contribution in [3.8, 4) is 11.5 Å². The van der Waals surface area contributed by atoms with Crippen molar-refractivity contribution in [1.82, 2.24) is 14.8 Å². The maximum Gasteiger partial charge on any atom is 0.191 e. The lowest BCUT2D eigenvalue weighted by Crippen LogP contribution is -2.10. The summed E-state index contributed by atoms with van der Waals surface area (Å²) in [6.07, 6.45) is 1.08. The van der Waals surface area contributed by atoms with Crippen LogP contribution < -0.4 is 9.47 Å². The van der Waals surface area contributed by atoms with Crippen LogP contribution in [0.2, 0.25) is 0 Å². The van der Waals surface area contributed by atoms with Gasteiger partial charge >= 0.3 is 0 Å². The van der Waals surface area contributed by atoms with Gasteiger partial charge in [-0.3, -0.25) is 0 Å². The van der Waals surface area contributed by atoms with E-state index >= 15 is 0 Å². The number of oxime groups is 1. The third-order valence-electron chi connectivity index (χ3n) is 5.75. The summed E-state index contributed by atoms with van der Waals surface area (Å²) in [7, 11) is 3.19. The van der Waals surface area contributed by atoms with Crippen molar-refractivity contribution < 1.29 is 14.7 Å². The molecule has 0 saturated carbocycles. The first-order chi connectivity index (χ1) is 16.4. The standard InChI is InChI=1S/C26H34N4O3S/c1-7-30-25(18(4)20-10-8-19(9-11-20)14-17(2)3)27-28-26(30)34-16-23(29-31)22-15-21(32-5)12-13-24(22)33-6/h8-13,15,17-18,31H,7,14,16H2,1-6H3/b29-23+. The Balaban J connectivity index is 1.79. The lowest BCUT2D eigenvalue weighted by Gasteiger charge is -2.15. The highest BCUT2D eigenvalue weighted by Gasteiger charge is 2.20. The molecule has 1 aromatic heterocycles. The average molecular weight is 483 g/mol. The van der Waals surface area contributed by atoms with Crippen molar-refractivity contribution in [1.29, 1.82) is 0 Å². The molecule has 3 aromatic rings. The van der Waals surface area contributed by atoms with Crippen LogP contribution in [0.4, 0.5) is 0 Å². The predicted molar refractivity (Wildman–Crippen MR) is 137 cm³/mol. The Morgan fingerprint density at radius 1 is 1.06 bits per heavy atom. The van der Waals surface area contributed by atoms with Gasteiger partial charge in [0.25, 0.3) is 0 Å². The highest BCUT2D eigenvalue weighted by molar-refractivity contribution is 7.99. The second kappa shape index (κ2) is 11.9. The summed E-state index contributed by atoms with van der Waals surface area (Å²) in [5.41, 5.74) is 3.71. The van der Waals surface area contributed by atoms with E-state index in [4.69, 9.17) is 9.47 Å². The zero-order chi connectivity index (χ0) is 24.7. The molecule has 1 atom stereocenters. The largest absolute Gasteiger partial charge is 0.497 e. The summed E-state index contributed by atoms with van der Waals surface area (Å²) in [6.45, 7) is 9.45. The van der Waals surface area contributed by atoms with E-state index in [-0.39, 0.29) is 5.92 Å². The number of aromatic nitrogens is 3. The van der Waals surface area contributed by atoms with Crippen molar-refractivity contribution in [2.75, 3.05) is 20.0 Å². The Morgan fingerprint density at radius 3 is 2.38 bits per heavy atom. The van der Waals surface area contributed by atoms with Crippen molar-refractivity contribution >= 4 is 17.5 Å². The molecule has 1 heterocycles.